The fraction of sp³-hybridized carbons (Fsp3) is 0.462. The Morgan fingerprint density at radius 2 is 2.06 bits per heavy atom. The second-order valence-corrected chi connectivity index (χ2v) is 4.37. The summed E-state index contributed by atoms with van der Waals surface area (Å²) in [7, 11) is 0. The summed E-state index contributed by atoms with van der Waals surface area (Å²) in [5.41, 5.74) is 0. The van der Waals surface area contributed by atoms with E-state index in [1.54, 1.807) is 18.2 Å². The lowest BCUT2D eigenvalue weighted by molar-refractivity contribution is -0.123. The van der Waals surface area contributed by atoms with Gasteiger partial charge in [-0.05, 0) is 18.1 Å². The van der Waals surface area contributed by atoms with E-state index in [-0.39, 0.29) is 36.5 Å². The van der Waals surface area contributed by atoms with Crippen LogP contribution in [0.1, 0.15) is 13.8 Å². The van der Waals surface area contributed by atoms with Gasteiger partial charge in [0.15, 0.2) is 18.1 Å². The van der Waals surface area contributed by atoms with E-state index in [2.05, 4.69) is 5.32 Å². The molecule has 1 aromatic carbocycles. The van der Waals surface area contributed by atoms with Crippen molar-refractivity contribution < 1.29 is 19.7 Å². The zero-order valence-corrected chi connectivity index (χ0v) is 10.6. The smallest absolute Gasteiger partial charge is 0.258 e. The third-order valence-corrected chi connectivity index (χ3v) is 2.50. The fourth-order valence-electron chi connectivity index (χ4n) is 1.23. The number of carbonyl (C=O) groups is 1. The fourth-order valence-corrected chi connectivity index (χ4v) is 1.23. The van der Waals surface area contributed by atoms with Crippen LogP contribution in [0.25, 0.3) is 0 Å². The number of phenols is 1. The molecule has 0 aliphatic heterocycles. The van der Waals surface area contributed by atoms with Crippen LogP contribution in [0.5, 0.6) is 11.5 Å². The molecule has 0 radical (unpaired) electrons. The quantitative estimate of drug-likeness (QED) is 0.704. The van der Waals surface area contributed by atoms with E-state index in [9.17, 15) is 15.0 Å². The number of hydrogen-bond acceptors (Lipinski definition) is 4. The summed E-state index contributed by atoms with van der Waals surface area (Å²) in [5.74, 6) is 0.00640. The number of hydrogen-bond donors (Lipinski definition) is 3. The van der Waals surface area contributed by atoms with Gasteiger partial charge in [-0.2, -0.15) is 0 Å². The summed E-state index contributed by atoms with van der Waals surface area (Å²) >= 11 is 0. The van der Waals surface area contributed by atoms with Crippen LogP contribution >= 0.6 is 0 Å². The molecule has 0 spiro atoms. The summed E-state index contributed by atoms with van der Waals surface area (Å²) in [6.07, 6.45) is -0.570. The lowest BCUT2D eigenvalue weighted by Crippen LogP contribution is -2.37. The maximum absolute atomic E-state index is 11.4. The second-order valence-electron chi connectivity index (χ2n) is 4.37. The van der Waals surface area contributed by atoms with E-state index in [1.807, 2.05) is 13.8 Å². The second kappa shape index (κ2) is 6.86. The first-order valence-corrected chi connectivity index (χ1v) is 5.86. The number of ether oxygens (including phenoxy) is 1. The molecule has 3 N–H and O–H groups in total. The number of aliphatic hydroxyl groups is 1. The normalized spacial score (nSPS) is 12.2. The zero-order valence-electron chi connectivity index (χ0n) is 10.6. The number of aromatic hydroxyl groups is 1. The first kappa shape index (κ1) is 14.3. The standard InChI is InChI=1S/C13H19NO4/c1-9(2)11(16)7-14-13(17)8-18-12-6-4-3-5-10(12)15/h3-6,9,11,15-16H,7-8H2,1-2H3,(H,14,17). The van der Waals surface area contributed by atoms with Gasteiger partial charge in [0.1, 0.15) is 0 Å². The first-order chi connectivity index (χ1) is 8.50. The molecule has 1 unspecified atom stereocenters. The summed E-state index contributed by atoms with van der Waals surface area (Å²) in [4.78, 5) is 11.4. The molecule has 0 saturated heterocycles. The number of rotatable bonds is 6. The SMILES string of the molecule is CC(C)C(O)CNC(=O)COc1ccccc1O. The molecule has 0 fully saturated rings. The highest BCUT2D eigenvalue weighted by molar-refractivity contribution is 5.77. The Labute approximate surface area is 106 Å². The van der Waals surface area contributed by atoms with Crippen molar-refractivity contribution in [3.05, 3.63) is 24.3 Å². The average molecular weight is 253 g/mol. The summed E-state index contributed by atoms with van der Waals surface area (Å²) in [6.45, 7) is 3.74. The van der Waals surface area contributed by atoms with Crippen molar-refractivity contribution in [2.75, 3.05) is 13.2 Å². The molecule has 18 heavy (non-hydrogen) atoms. The molecule has 1 atom stereocenters. The lowest BCUT2D eigenvalue weighted by atomic mass is 10.1. The third kappa shape index (κ3) is 4.63. The molecular formula is C13H19NO4. The van der Waals surface area contributed by atoms with Crippen LogP contribution in [0.15, 0.2) is 24.3 Å². The molecule has 0 bridgehead atoms. The Hall–Kier alpha value is -1.75. The van der Waals surface area contributed by atoms with Crippen molar-refractivity contribution in [2.45, 2.75) is 20.0 Å². The molecular weight excluding hydrogens is 234 g/mol. The van der Waals surface area contributed by atoms with Crippen molar-refractivity contribution in [2.24, 2.45) is 5.92 Å². The van der Waals surface area contributed by atoms with Crippen molar-refractivity contribution in [1.82, 2.24) is 5.32 Å². The Morgan fingerprint density at radius 1 is 1.39 bits per heavy atom. The minimum atomic E-state index is -0.570. The number of carbonyl (C=O) groups excluding carboxylic acids is 1. The minimum absolute atomic E-state index is 0.00693. The number of phenolic OH excluding ortho intramolecular Hbond substituents is 1. The maximum Gasteiger partial charge on any atom is 0.258 e. The van der Waals surface area contributed by atoms with Crippen molar-refractivity contribution in [3.8, 4) is 11.5 Å². The predicted octanol–water partition coefficient (Wildman–Crippen LogP) is 0.904. The molecule has 0 heterocycles. The van der Waals surface area contributed by atoms with E-state index in [4.69, 9.17) is 4.74 Å². The molecule has 1 amide bonds. The molecule has 1 rings (SSSR count). The Balaban J connectivity index is 2.32. The van der Waals surface area contributed by atoms with E-state index in [1.165, 1.54) is 6.07 Å². The van der Waals surface area contributed by atoms with Gasteiger partial charge in [0.2, 0.25) is 0 Å². The lowest BCUT2D eigenvalue weighted by Gasteiger charge is -2.15. The number of aliphatic hydroxyl groups excluding tert-OH is 1. The van der Waals surface area contributed by atoms with Crippen LogP contribution in [0, 0.1) is 5.92 Å². The van der Waals surface area contributed by atoms with Gasteiger partial charge in [0, 0.05) is 6.54 Å². The van der Waals surface area contributed by atoms with Crippen LogP contribution < -0.4 is 10.1 Å². The maximum atomic E-state index is 11.4. The van der Waals surface area contributed by atoms with Gasteiger partial charge >= 0.3 is 0 Å². The van der Waals surface area contributed by atoms with E-state index in [0.29, 0.717) is 0 Å². The average Bonchev–Trinajstić information content (AvgIpc) is 2.34. The highest BCUT2D eigenvalue weighted by Gasteiger charge is 2.11. The van der Waals surface area contributed by atoms with Gasteiger partial charge in [-0.25, -0.2) is 0 Å². The monoisotopic (exact) mass is 253 g/mol. The summed E-state index contributed by atoms with van der Waals surface area (Å²) < 4.78 is 5.15. The molecule has 0 saturated carbocycles. The highest BCUT2D eigenvalue weighted by atomic mass is 16.5. The zero-order chi connectivity index (χ0) is 13.5. The number of benzene rings is 1. The van der Waals surface area contributed by atoms with Gasteiger partial charge in [0.25, 0.3) is 5.91 Å². The number of para-hydroxylation sites is 2. The topological polar surface area (TPSA) is 78.8 Å². The Kier molecular flexibility index (Phi) is 5.45. The van der Waals surface area contributed by atoms with Crippen molar-refractivity contribution >= 4 is 5.91 Å². The predicted molar refractivity (Wildman–Crippen MR) is 67.5 cm³/mol. The molecule has 5 nitrogen and oxygen atoms in total. The van der Waals surface area contributed by atoms with E-state index < -0.39 is 6.10 Å². The molecule has 0 aliphatic carbocycles. The number of nitrogens with one attached hydrogen (secondary N) is 1. The minimum Gasteiger partial charge on any atom is -0.504 e. The molecule has 1 aromatic rings. The van der Waals surface area contributed by atoms with Gasteiger partial charge < -0.3 is 20.3 Å². The van der Waals surface area contributed by atoms with Crippen LogP contribution in [0.2, 0.25) is 0 Å². The van der Waals surface area contributed by atoms with E-state index >= 15 is 0 Å². The van der Waals surface area contributed by atoms with Gasteiger partial charge in [-0.15, -0.1) is 0 Å². The molecule has 0 aliphatic rings. The van der Waals surface area contributed by atoms with Gasteiger partial charge in [-0.3, -0.25) is 4.79 Å². The third-order valence-electron chi connectivity index (χ3n) is 2.50. The first-order valence-electron chi connectivity index (χ1n) is 5.86. The van der Waals surface area contributed by atoms with Crippen molar-refractivity contribution in [3.63, 3.8) is 0 Å². The molecule has 0 aromatic heterocycles. The van der Waals surface area contributed by atoms with Gasteiger partial charge in [0.05, 0.1) is 6.10 Å². The summed E-state index contributed by atoms with van der Waals surface area (Å²) in [6, 6.07) is 6.43. The summed E-state index contributed by atoms with van der Waals surface area (Å²) in [5, 5.41) is 21.5. The van der Waals surface area contributed by atoms with Crippen LogP contribution in [0.3, 0.4) is 0 Å². The molecule has 100 valence electrons. The highest BCUT2D eigenvalue weighted by Crippen LogP contribution is 2.23. The Bertz CT molecular complexity index is 392. The largest absolute Gasteiger partial charge is 0.504 e. The van der Waals surface area contributed by atoms with Crippen molar-refractivity contribution in [1.29, 1.82) is 0 Å². The van der Waals surface area contributed by atoms with Crippen LogP contribution in [-0.4, -0.2) is 35.4 Å². The van der Waals surface area contributed by atoms with Gasteiger partial charge in [-0.1, -0.05) is 26.0 Å². The van der Waals surface area contributed by atoms with Crippen LogP contribution in [-0.2, 0) is 4.79 Å². The molecule has 5 heteroatoms. The van der Waals surface area contributed by atoms with E-state index in [0.717, 1.165) is 0 Å². The van der Waals surface area contributed by atoms with Crippen LogP contribution in [0.4, 0.5) is 0 Å². The Morgan fingerprint density at radius 3 is 2.67 bits per heavy atom. The number of amides is 1.